The Kier molecular flexibility index (Phi) is 7.43. The van der Waals surface area contributed by atoms with Crippen molar-refractivity contribution in [1.29, 1.82) is 0 Å². The topological polar surface area (TPSA) is 84.8 Å². The van der Waals surface area contributed by atoms with Gasteiger partial charge in [0.05, 0.1) is 6.54 Å². The fraction of sp³-hybridized carbons (Fsp3) is 0.786. The number of halogens is 3. The molecule has 0 saturated heterocycles. The van der Waals surface area contributed by atoms with Crippen LogP contribution in [0.15, 0.2) is 4.99 Å². The first-order valence-electron chi connectivity index (χ1n) is 6.93. The van der Waals surface area contributed by atoms with Gasteiger partial charge in [0.15, 0.2) is 5.92 Å². The molecule has 0 unspecified atom stereocenters. The van der Waals surface area contributed by atoms with Gasteiger partial charge < -0.3 is 10.1 Å². The number of carbonyl (C=O) groups is 2. The third-order valence-electron chi connectivity index (χ3n) is 2.68. The number of aliphatic imine (C=N–C) groups is 1. The third-order valence-corrected chi connectivity index (χ3v) is 2.68. The molecule has 6 nitrogen and oxygen atoms in total. The van der Waals surface area contributed by atoms with Gasteiger partial charge in [-0.25, -0.2) is 14.6 Å². The molecule has 0 aromatic heterocycles. The normalized spacial score (nSPS) is 14.7. The summed E-state index contributed by atoms with van der Waals surface area (Å²) in [6.45, 7) is 6.82. The van der Waals surface area contributed by atoms with Crippen molar-refractivity contribution in [2.45, 2.75) is 52.4 Å². The molecule has 132 valence electrons. The Labute approximate surface area is 132 Å². The van der Waals surface area contributed by atoms with Gasteiger partial charge in [-0.05, 0) is 26.7 Å². The Balaban J connectivity index is 5.22. The highest BCUT2D eigenvalue weighted by Crippen LogP contribution is 2.27. The lowest BCUT2D eigenvalue weighted by Gasteiger charge is -2.28. The highest BCUT2D eigenvalue weighted by Gasteiger charge is 2.46. The summed E-state index contributed by atoms with van der Waals surface area (Å²) in [5.41, 5.74) is -0.847. The zero-order valence-electron chi connectivity index (χ0n) is 13.7. The van der Waals surface area contributed by atoms with E-state index in [1.54, 1.807) is 34.6 Å². The van der Waals surface area contributed by atoms with Crippen LogP contribution in [0.2, 0.25) is 0 Å². The maximum absolute atomic E-state index is 12.9. The van der Waals surface area contributed by atoms with Gasteiger partial charge in [-0.2, -0.15) is 13.2 Å². The predicted octanol–water partition coefficient (Wildman–Crippen LogP) is 1.98. The van der Waals surface area contributed by atoms with Crippen LogP contribution in [0.4, 0.5) is 13.2 Å². The van der Waals surface area contributed by atoms with Crippen LogP contribution in [-0.2, 0) is 19.1 Å². The zero-order chi connectivity index (χ0) is 18.4. The molecule has 0 saturated carbocycles. The van der Waals surface area contributed by atoms with Gasteiger partial charge in [0.1, 0.15) is 11.6 Å². The van der Waals surface area contributed by atoms with E-state index in [-0.39, 0.29) is 0 Å². The average Bonchev–Trinajstić information content (AvgIpc) is 2.32. The number of isocyanates is 1. The van der Waals surface area contributed by atoms with E-state index in [2.05, 4.69) is 4.99 Å². The van der Waals surface area contributed by atoms with Crippen LogP contribution < -0.4 is 5.32 Å². The standard InChI is InChI=1S/C14H21F3N2O4/c1-8(2)10(12(22)23-13(3,4)5)19-11(21)9(6-18-7-20)14(15,16)17/h8-10H,6H2,1-5H3,(H,19,21)/t9-,10-/m0/s1. The van der Waals surface area contributed by atoms with Gasteiger partial charge in [-0.15, -0.1) is 0 Å². The fourth-order valence-electron chi connectivity index (χ4n) is 1.58. The Bertz CT molecular complexity index is 477. The molecule has 0 aromatic rings. The first-order chi connectivity index (χ1) is 10.3. The van der Waals surface area contributed by atoms with E-state index < -0.39 is 48.1 Å². The molecular formula is C14H21F3N2O4. The second kappa shape index (κ2) is 8.10. The molecule has 0 radical (unpaired) electrons. The number of amides is 1. The van der Waals surface area contributed by atoms with E-state index in [4.69, 9.17) is 4.74 Å². The van der Waals surface area contributed by atoms with Crippen molar-refractivity contribution in [3.05, 3.63) is 0 Å². The minimum atomic E-state index is -4.90. The molecule has 1 N–H and O–H groups in total. The van der Waals surface area contributed by atoms with Crippen LogP contribution in [0.3, 0.4) is 0 Å². The molecule has 0 rings (SSSR count). The summed E-state index contributed by atoms with van der Waals surface area (Å²) in [5.74, 6) is -5.30. The van der Waals surface area contributed by atoms with E-state index >= 15 is 0 Å². The molecule has 9 heteroatoms. The molecule has 0 aliphatic rings. The Morgan fingerprint density at radius 2 is 1.74 bits per heavy atom. The van der Waals surface area contributed by atoms with E-state index in [1.165, 1.54) is 0 Å². The van der Waals surface area contributed by atoms with Crippen molar-refractivity contribution in [2.75, 3.05) is 6.54 Å². The Morgan fingerprint density at radius 1 is 1.22 bits per heavy atom. The molecule has 1 amide bonds. The molecule has 0 heterocycles. The molecule has 0 aliphatic heterocycles. The SMILES string of the molecule is CC(C)[C@H](NC(=O)[C@H](CN=C=O)C(F)(F)F)C(=O)OC(C)(C)C. The minimum Gasteiger partial charge on any atom is -0.458 e. The van der Waals surface area contributed by atoms with E-state index in [0.717, 1.165) is 6.08 Å². The Morgan fingerprint density at radius 3 is 2.09 bits per heavy atom. The van der Waals surface area contributed by atoms with Crippen LogP contribution in [0.25, 0.3) is 0 Å². The molecule has 0 spiro atoms. The van der Waals surface area contributed by atoms with Crippen LogP contribution in [0, 0.1) is 11.8 Å². The zero-order valence-corrected chi connectivity index (χ0v) is 13.7. The fourth-order valence-corrected chi connectivity index (χ4v) is 1.58. The first-order valence-corrected chi connectivity index (χ1v) is 6.93. The lowest BCUT2D eigenvalue weighted by Crippen LogP contribution is -2.51. The summed E-state index contributed by atoms with van der Waals surface area (Å²) in [6.07, 6.45) is -3.94. The van der Waals surface area contributed by atoms with Crippen LogP contribution >= 0.6 is 0 Å². The second-order valence-electron chi connectivity index (χ2n) is 6.29. The van der Waals surface area contributed by atoms with Crippen molar-refractivity contribution < 1.29 is 32.3 Å². The van der Waals surface area contributed by atoms with Gasteiger partial charge in [-0.1, -0.05) is 13.8 Å². The van der Waals surface area contributed by atoms with Crippen molar-refractivity contribution in [3.63, 3.8) is 0 Å². The third kappa shape index (κ3) is 7.78. The summed E-state index contributed by atoms with van der Waals surface area (Å²) >= 11 is 0. The summed E-state index contributed by atoms with van der Waals surface area (Å²) in [7, 11) is 0. The quantitative estimate of drug-likeness (QED) is 0.456. The monoisotopic (exact) mass is 338 g/mol. The number of hydrogen-bond donors (Lipinski definition) is 1. The number of hydrogen-bond acceptors (Lipinski definition) is 5. The predicted molar refractivity (Wildman–Crippen MR) is 75.1 cm³/mol. The average molecular weight is 338 g/mol. The van der Waals surface area contributed by atoms with Gasteiger partial charge in [0.25, 0.3) is 0 Å². The van der Waals surface area contributed by atoms with Gasteiger partial charge in [0.2, 0.25) is 12.0 Å². The van der Waals surface area contributed by atoms with E-state index in [0.29, 0.717) is 0 Å². The number of rotatable bonds is 6. The summed E-state index contributed by atoms with van der Waals surface area (Å²) in [6, 6.07) is -1.24. The number of nitrogens with one attached hydrogen (secondary N) is 1. The van der Waals surface area contributed by atoms with Crippen LogP contribution in [0.5, 0.6) is 0 Å². The van der Waals surface area contributed by atoms with Crippen molar-refractivity contribution >= 4 is 18.0 Å². The molecule has 0 fully saturated rings. The summed E-state index contributed by atoms with van der Waals surface area (Å²) in [5, 5.41) is 2.03. The number of carbonyl (C=O) groups excluding carboxylic acids is 3. The van der Waals surface area contributed by atoms with Gasteiger partial charge in [-0.3, -0.25) is 4.79 Å². The molecular weight excluding hydrogens is 317 g/mol. The van der Waals surface area contributed by atoms with Crippen LogP contribution in [-0.4, -0.2) is 42.3 Å². The maximum Gasteiger partial charge on any atom is 0.402 e. The lowest BCUT2D eigenvalue weighted by molar-refractivity contribution is -0.182. The second-order valence-corrected chi connectivity index (χ2v) is 6.29. The lowest BCUT2D eigenvalue weighted by atomic mass is 10.0. The Hall–Kier alpha value is -1.89. The van der Waals surface area contributed by atoms with Crippen molar-refractivity contribution in [3.8, 4) is 0 Å². The molecule has 23 heavy (non-hydrogen) atoms. The molecule has 2 atom stereocenters. The highest BCUT2D eigenvalue weighted by atomic mass is 19.4. The van der Waals surface area contributed by atoms with Gasteiger partial charge >= 0.3 is 12.1 Å². The highest BCUT2D eigenvalue weighted by molar-refractivity contribution is 5.86. The van der Waals surface area contributed by atoms with Crippen molar-refractivity contribution in [2.24, 2.45) is 16.8 Å². The molecule has 0 aliphatic carbocycles. The largest absolute Gasteiger partial charge is 0.458 e. The smallest absolute Gasteiger partial charge is 0.402 e. The van der Waals surface area contributed by atoms with E-state index in [1.807, 2.05) is 5.32 Å². The molecule has 0 bridgehead atoms. The first kappa shape index (κ1) is 21.1. The number of alkyl halides is 3. The van der Waals surface area contributed by atoms with Gasteiger partial charge in [0, 0.05) is 0 Å². The minimum absolute atomic E-state index is 0.489. The number of ether oxygens (including phenoxy) is 1. The summed E-state index contributed by atoms with van der Waals surface area (Å²) < 4.78 is 43.6. The molecule has 0 aromatic carbocycles. The van der Waals surface area contributed by atoms with Crippen molar-refractivity contribution in [1.82, 2.24) is 5.32 Å². The van der Waals surface area contributed by atoms with Crippen LogP contribution in [0.1, 0.15) is 34.6 Å². The maximum atomic E-state index is 12.9. The summed E-state index contributed by atoms with van der Waals surface area (Å²) in [4.78, 5) is 36.7. The van der Waals surface area contributed by atoms with E-state index in [9.17, 15) is 27.6 Å². The number of esters is 1. The number of nitrogens with zero attached hydrogens (tertiary/aromatic N) is 1.